The van der Waals surface area contributed by atoms with E-state index < -0.39 is 5.54 Å². The molecule has 1 unspecified atom stereocenters. The van der Waals surface area contributed by atoms with Crippen LogP contribution in [0.15, 0.2) is 0 Å². The van der Waals surface area contributed by atoms with Gasteiger partial charge >= 0.3 is 0 Å². The van der Waals surface area contributed by atoms with Gasteiger partial charge in [0.25, 0.3) is 0 Å². The summed E-state index contributed by atoms with van der Waals surface area (Å²) < 4.78 is 11.3. The highest BCUT2D eigenvalue weighted by atomic mass is 16.5. The lowest BCUT2D eigenvalue weighted by Crippen LogP contribution is -2.51. The van der Waals surface area contributed by atoms with E-state index in [1.807, 2.05) is 0 Å². The zero-order valence-electron chi connectivity index (χ0n) is 11.6. The van der Waals surface area contributed by atoms with E-state index in [2.05, 4.69) is 11.4 Å². The summed E-state index contributed by atoms with van der Waals surface area (Å²) in [5, 5.41) is 13.1. The lowest BCUT2D eigenvalue weighted by Gasteiger charge is -2.29. The molecule has 0 aromatic heterocycles. The molecule has 0 aromatic carbocycles. The number of nitrogens with one attached hydrogen (secondary N) is 1. The van der Waals surface area contributed by atoms with Crippen molar-refractivity contribution in [2.45, 2.75) is 50.1 Å². The maximum atomic E-state index is 9.59. The molecule has 1 N–H and O–H groups in total. The normalized spacial score (nSPS) is 27.7. The maximum absolute atomic E-state index is 9.59. The van der Waals surface area contributed by atoms with Crippen LogP contribution in [0.3, 0.4) is 0 Å². The van der Waals surface area contributed by atoms with Crippen LogP contribution < -0.4 is 5.32 Å². The Labute approximate surface area is 115 Å². The van der Waals surface area contributed by atoms with Gasteiger partial charge in [0, 0.05) is 25.9 Å². The van der Waals surface area contributed by atoms with Crippen molar-refractivity contribution in [3.63, 3.8) is 0 Å². The molecular formula is C15H24N2O2. The molecule has 2 aliphatic carbocycles. The lowest BCUT2D eigenvalue weighted by atomic mass is 9.95. The van der Waals surface area contributed by atoms with E-state index >= 15 is 0 Å². The summed E-state index contributed by atoms with van der Waals surface area (Å²) >= 11 is 0. The van der Waals surface area contributed by atoms with E-state index in [-0.39, 0.29) is 0 Å². The molecule has 0 spiro atoms. The third-order valence-electron chi connectivity index (χ3n) is 4.54. The third kappa shape index (κ3) is 3.47. The largest absolute Gasteiger partial charge is 0.381 e. The van der Waals surface area contributed by atoms with Crippen LogP contribution in [0.5, 0.6) is 0 Å². The van der Waals surface area contributed by atoms with Crippen molar-refractivity contribution in [1.82, 2.24) is 5.32 Å². The molecule has 0 aromatic rings. The first kappa shape index (κ1) is 13.4. The van der Waals surface area contributed by atoms with Crippen LogP contribution in [0.25, 0.3) is 0 Å². The fraction of sp³-hybridized carbons (Fsp3) is 0.933. The topological polar surface area (TPSA) is 54.3 Å². The molecule has 0 amide bonds. The predicted molar refractivity (Wildman–Crippen MR) is 71.6 cm³/mol. The van der Waals surface area contributed by atoms with E-state index in [0.717, 1.165) is 32.7 Å². The molecule has 3 aliphatic rings. The Morgan fingerprint density at radius 2 is 1.89 bits per heavy atom. The molecule has 0 radical (unpaired) electrons. The predicted octanol–water partition coefficient (Wildman–Crippen LogP) is 1.85. The van der Waals surface area contributed by atoms with Gasteiger partial charge in [-0.25, -0.2) is 0 Å². The van der Waals surface area contributed by atoms with Gasteiger partial charge in [0.1, 0.15) is 5.54 Å². The standard InChI is InChI=1S/C15H24N2O2/c16-10-15(13-1-2-13,17-14-3-4-14)11-19-9-12-5-7-18-8-6-12/h12-14,17H,1-9,11H2. The van der Waals surface area contributed by atoms with Crippen molar-refractivity contribution in [1.29, 1.82) is 5.26 Å². The highest BCUT2D eigenvalue weighted by Crippen LogP contribution is 2.41. The van der Waals surface area contributed by atoms with Crippen molar-refractivity contribution in [2.75, 3.05) is 26.4 Å². The molecule has 106 valence electrons. The Morgan fingerprint density at radius 3 is 2.47 bits per heavy atom. The molecule has 1 saturated heterocycles. The molecule has 1 aliphatic heterocycles. The smallest absolute Gasteiger partial charge is 0.133 e. The second-order valence-corrected chi connectivity index (χ2v) is 6.35. The Kier molecular flexibility index (Phi) is 4.07. The van der Waals surface area contributed by atoms with Crippen molar-refractivity contribution < 1.29 is 9.47 Å². The Hall–Kier alpha value is -0.630. The van der Waals surface area contributed by atoms with E-state index in [0.29, 0.717) is 24.5 Å². The Morgan fingerprint density at radius 1 is 1.16 bits per heavy atom. The zero-order chi connectivity index (χ0) is 13.1. The van der Waals surface area contributed by atoms with E-state index in [1.165, 1.54) is 25.7 Å². The van der Waals surface area contributed by atoms with Gasteiger partial charge in [0.05, 0.1) is 12.7 Å². The SMILES string of the molecule is N#CC(COCC1CCOCC1)(NC1CC1)C1CC1. The van der Waals surface area contributed by atoms with Gasteiger partial charge in [-0.2, -0.15) is 5.26 Å². The Balaban J connectivity index is 1.48. The van der Waals surface area contributed by atoms with Gasteiger partial charge in [-0.05, 0) is 50.4 Å². The van der Waals surface area contributed by atoms with Gasteiger partial charge in [-0.1, -0.05) is 0 Å². The van der Waals surface area contributed by atoms with Gasteiger partial charge in [-0.3, -0.25) is 5.32 Å². The van der Waals surface area contributed by atoms with Gasteiger partial charge in [0.2, 0.25) is 0 Å². The van der Waals surface area contributed by atoms with Crippen LogP contribution >= 0.6 is 0 Å². The van der Waals surface area contributed by atoms with Crippen LogP contribution in [-0.4, -0.2) is 38.0 Å². The first-order valence-corrected chi connectivity index (χ1v) is 7.67. The zero-order valence-corrected chi connectivity index (χ0v) is 11.6. The lowest BCUT2D eigenvalue weighted by molar-refractivity contribution is 0.00603. The van der Waals surface area contributed by atoms with Gasteiger partial charge in [-0.15, -0.1) is 0 Å². The number of rotatable bonds is 7. The summed E-state index contributed by atoms with van der Waals surface area (Å²) in [5.41, 5.74) is -0.410. The number of nitriles is 1. The molecule has 3 rings (SSSR count). The van der Waals surface area contributed by atoms with Crippen LogP contribution in [0, 0.1) is 23.2 Å². The monoisotopic (exact) mass is 264 g/mol. The first-order valence-electron chi connectivity index (χ1n) is 7.67. The summed E-state index contributed by atoms with van der Waals surface area (Å²) in [6.45, 7) is 3.06. The highest BCUT2D eigenvalue weighted by molar-refractivity contribution is 5.17. The second-order valence-electron chi connectivity index (χ2n) is 6.35. The quantitative estimate of drug-likeness (QED) is 0.762. The molecule has 19 heavy (non-hydrogen) atoms. The van der Waals surface area contributed by atoms with Crippen LogP contribution in [-0.2, 0) is 9.47 Å². The number of hydrogen-bond acceptors (Lipinski definition) is 4. The molecule has 2 saturated carbocycles. The summed E-state index contributed by atoms with van der Waals surface area (Å²) in [6, 6.07) is 3.09. The van der Waals surface area contributed by atoms with E-state index in [9.17, 15) is 5.26 Å². The fourth-order valence-corrected chi connectivity index (χ4v) is 2.90. The van der Waals surface area contributed by atoms with Crippen molar-refractivity contribution in [3.8, 4) is 6.07 Å². The van der Waals surface area contributed by atoms with Gasteiger partial charge in [0.15, 0.2) is 0 Å². The van der Waals surface area contributed by atoms with Crippen LogP contribution in [0.1, 0.15) is 38.5 Å². The maximum Gasteiger partial charge on any atom is 0.133 e. The second kappa shape index (κ2) is 5.78. The summed E-state index contributed by atoms with van der Waals surface area (Å²) in [4.78, 5) is 0. The molecular weight excluding hydrogens is 240 g/mol. The minimum atomic E-state index is -0.410. The highest BCUT2D eigenvalue weighted by Gasteiger charge is 2.48. The number of ether oxygens (including phenoxy) is 2. The van der Waals surface area contributed by atoms with Gasteiger partial charge < -0.3 is 9.47 Å². The molecule has 1 atom stereocenters. The fourth-order valence-electron chi connectivity index (χ4n) is 2.90. The van der Waals surface area contributed by atoms with E-state index in [1.54, 1.807) is 0 Å². The number of hydrogen-bond donors (Lipinski definition) is 1. The average Bonchev–Trinajstić information content (AvgIpc) is 3.31. The van der Waals surface area contributed by atoms with Crippen LogP contribution in [0.2, 0.25) is 0 Å². The molecule has 3 fully saturated rings. The molecule has 4 nitrogen and oxygen atoms in total. The van der Waals surface area contributed by atoms with E-state index in [4.69, 9.17) is 9.47 Å². The Bertz CT molecular complexity index is 341. The minimum absolute atomic E-state index is 0.410. The summed E-state index contributed by atoms with van der Waals surface area (Å²) in [5.74, 6) is 1.12. The van der Waals surface area contributed by atoms with Crippen molar-refractivity contribution in [3.05, 3.63) is 0 Å². The number of nitrogens with zero attached hydrogens (tertiary/aromatic N) is 1. The average molecular weight is 264 g/mol. The minimum Gasteiger partial charge on any atom is -0.381 e. The molecule has 1 heterocycles. The van der Waals surface area contributed by atoms with Crippen molar-refractivity contribution in [2.24, 2.45) is 11.8 Å². The molecule has 4 heteroatoms. The first-order chi connectivity index (χ1) is 9.32. The van der Waals surface area contributed by atoms with Crippen molar-refractivity contribution >= 4 is 0 Å². The van der Waals surface area contributed by atoms with Crippen LogP contribution in [0.4, 0.5) is 0 Å². The summed E-state index contributed by atoms with van der Waals surface area (Å²) in [7, 11) is 0. The summed E-state index contributed by atoms with van der Waals surface area (Å²) in [6.07, 6.45) is 6.98. The third-order valence-corrected chi connectivity index (χ3v) is 4.54. The molecule has 0 bridgehead atoms.